The molecule has 140 valence electrons. The molecule has 0 aromatic heterocycles. The zero-order valence-electron chi connectivity index (χ0n) is 15.4. The van der Waals surface area contributed by atoms with Crippen LogP contribution >= 0.6 is 0 Å². The Balaban J connectivity index is 1.56. The lowest BCUT2D eigenvalue weighted by atomic mass is 10.1. The molecule has 3 aromatic carbocycles. The van der Waals surface area contributed by atoms with Gasteiger partial charge in [0, 0.05) is 16.9 Å². The van der Waals surface area contributed by atoms with Crippen molar-refractivity contribution in [3.8, 4) is 5.75 Å². The van der Waals surface area contributed by atoms with Crippen molar-refractivity contribution in [3.63, 3.8) is 0 Å². The van der Waals surface area contributed by atoms with Crippen LogP contribution in [-0.4, -0.2) is 18.9 Å². The number of urea groups is 1. The van der Waals surface area contributed by atoms with E-state index in [-0.39, 0.29) is 11.8 Å². The fraction of sp³-hybridized carbons (Fsp3) is 0.0435. The fourth-order valence-electron chi connectivity index (χ4n) is 2.52. The zero-order chi connectivity index (χ0) is 19.8. The average molecular weight is 372 g/mol. The fourth-order valence-corrected chi connectivity index (χ4v) is 2.52. The maximum Gasteiger partial charge on any atom is 0.323 e. The van der Waals surface area contributed by atoms with Crippen molar-refractivity contribution in [2.75, 3.05) is 17.7 Å². The molecular formula is C23H20N2O3. The third kappa shape index (κ3) is 5.32. The van der Waals surface area contributed by atoms with Gasteiger partial charge >= 0.3 is 6.03 Å². The zero-order valence-corrected chi connectivity index (χ0v) is 15.4. The summed E-state index contributed by atoms with van der Waals surface area (Å²) in [6, 6.07) is 23.0. The predicted molar refractivity (Wildman–Crippen MR) is 112 cm³/mol. The second-order valence-corrected chi connectivity index (χ2v) is 5.99. The first kappa shape index (κ1) is 18.9. The SMILES string of the molecule is COc1ccc(NC(=O)Nc2ccc(C(=O)/C=C/c3ccccc3)cc2)cc1. The molecule has 0 aliphatic carbocycles. The number of hydrogen-bond donors (Lipinski definition) is 2. The van der Waals surface area contributed by atoms with Gasteiger partial charge in [-0.25, -0.2) is 4.79 Å². The van der Waals surface area contributed by atoms with Gasteiger partial charge in [0.1, 0.15) is 5.75 Å². The summed E-state index contributed by atoms with van der Waals surface area (Å²) in [4.78, 5) is 24.3. The van der Waals surface area contributed by atoms with E-state index < -0.39 is 0 Å². The molecule has 3 rings (SSSR count). The molecule has 3 aromatic rings. The molecule has 0 saturated carbocycles. The molecule has 28 heavy (non-hydrogen) atoms. The molecule has 0 fully saturated rings. The maximum atomic E-state index is 12.2. The van der Waals surface area contributed by atoms with Crippen LogP contribution in [0.15, 0.2) is 84.9 Å². The van der Waals surface area contributed by atoms with Gasteiger partial charge in [-0.1, -0.05) is 36.4 Å². The number of allylic oxidation sites excluding steroid dienone is 1. The first-order valence-electron chi connectivity index (χ1n) is 8.73. The molecule has 0 aliphatic rings. The second-order valence-electron chi connectivity index (χ2n) is 5.99. The third-order valence-electron chi connectivity index (χ3n) is 4.00. The molecule has 2 N–H and O–H groups in total. The molecule has 0 atom stereocenters. The second kappa shape index (κ2) is 9.19. The highest BCUT2D eigenvalue weighted by Crippen LogP contribution is 2.16. The van der Waals surface area contributed by atoms with E-state index in [9.17, 15) is 9.59 Å². The van der Waals surface area contributed by atoms with Crippen LogP contribution in [-0.2, 0) is 0 Å². The van der Waals surface area contributed by atoms with E-state index in [1.54, 1.807) is 61.7 Å². The minimum Gasteiger partial charge on any atom is -0.497 e. The van der Waals surface area contributed by atoms with Gasteiger partial charge in [-0.05, 0) is 60.2 Å². The summed E-state index contributed by atoms with van der Waals surface area (Å²) in [5.74, 6) is 0.616. The Morgan fingerprint density at radius 1 is 0.786 bits per heavy atom. The lowest BCUT2D eigenvalue weighted by Crippen LogP contribution is -2.19. The summed E-state index contributed by atoms with van der Waals surface area (Å²) in [6.45, 7) is 0. The Labute approximate surface area is 163 Å². The summed E-state index contributed by atoms with van der Waals surface area (Å²) >= 11 is 0. The summed E-state index contributed by atoms with van der Waals surface area (Å²) in [6.07, 6.45) is 3.31. The molecule has 5 nitrogen and oxygen atoms in total. The van der Waals surface area contributed by atoms with Gasteiger partial charge in [-0.15, -0.1) is 0 Å². The van der Waals surface area contributed by atoms with Crippen molar-refractivity contribution in [1.29, 1.82) is 0 Å². The number of nitrogens with one attached hydrogen (secondary N) is 2. The van der Waals surface area contributed by atoms with Crippen molar-refractivity contribution in [1.82, 2.24) is 0 Å². The Morgan fingerprint density at radius 3 is 1.93 bits per heavy atom. The number of amides is 2. The van der Waals surface area contributed by atoms with E-state index in [1.807, 2.05) is 30.3 Å². The number of ketones is 1. The van der Waals surface area contributed by atoms with Crippen molar-refractivity contribution >= 4 is 29.3 Å². The standard InChI is InChI=1S/C23H20N2O3/c1-28-21-14-12-20(13-15-21)25-23(27)24-19-10-8-18(9-11-19)22(26)16-7-17-5-3-2-4-6-17/h2-16H,1H3,(H2,24,25,27)/b16-7+. The molecule has 0 radical (unpaired) electrons. The summed E-state index contributed by atoms with van der Waals surface area (Å²) in [7, 11) is 1.58. The van der Waals surface area contributed by atoms with Gasteiger partial charge in [0.2, 0.25) is 0 Å². The molecule has 0 heterocycles. The Kier molecular flexibility index (Phi) is 6.21. The van der Waals surface area contributed by atoms with Crippen LogP contribution in [0.2, 0.25) is 0 Å². The number of hydrogen-bond acceptors (Lipinski definition) is 3. The van der Waals surface area contributed by atoms with Crippen LogP contribution in [0, 0.1) is 0 Å². The normalized spacial score (nSPS) is 10.5. The average Bonchev–Trinajstić information content (AvgIpc) is 2.74. The molecule has 2 amide bonds. The highest BCUT2D eigenvalue weighted by Gasteiger charge is 2.05. The lowest BCUT2D eigenvalue weighted by Gasteiger charge is -2.08. The van der Waals surface area contributed by atoms with Gasteiger partial charge in [0.25, 0.3) is 0 Å². The minimum atomic E-state index is -0.367. The molecule has 0 spiro atoms. The molecule has 0 bridgehead atoms. The summed E-state index contributed by atoms with van der Waals surface area (Å²) in [5.41, 5.74) is 2.75. The summed E-state index contributed by atoms with van der Waals surface area (Å²) < 4.78 is 5.08. The van der Waals surface area contributed by atoms with Crippen LogP contribution < -0.4 is 15.4 Å². The highest BCUT2D eigenvalue weighted by molar-refractivity contribution is 6.07. The number of anilines is 2. The van der Waals surface area contributed by atoms with Crippen molar-refractivity contribution in [3.05, 3.63) is 96.1 Å². The monoisotopic (exact) mass is 372 g/mol. The van der Waals surface area contributed by atoms with Gasteiger partial charge in [-0.3, -0.25) is 4.79 Å². The lowest BCUT2D eigenvalue weighted by molar-refractivity contribution is 0.104. The molecule has 0 unspecified atom stereocenters. The summed E-state index contributed by atoms with van der Waals surface area (Å²) in [5, 5.41) is 5.47. The quantitative estimate of drug-likeness (QED) is 0.459. The molecule has 5 heteroatoms. The number of carbonyl (C=O) groups is 2. The van der Waals surface area contributed by atoms with Crippen molar-refractivity contribution in [2.45, 2.75) is 0 Å². The van der Waals surface area contributed by atoms with E-state index in [4.69, 9.17) is 4.74 Å². The van der Waals surface area contributed by atoms with Crippen LogP contribution in [0.25, 0.3) is 6.08 Å². The van der Waals surface area contributed by atoms with Gasteiger partial charge in [0.15, 0.2) is 5.78 Å². The van der Waals surface area contributed by atoms with Crippen molar-refractivity contribution < 1.29 is 14.3 Å². The van der Waals surface area contributed by atoms with Gasteiger partial charge in [0.05, 0.1) is 7.11 Å². The Morgan fingerprint density at radius 2 is 1.36 bits per heavy atom. The van der Waals surface area contributed by atoms with Crippen molar-refractivity contribution in [2.24, 2.45) is 0 Å². The van der Waals surface area contributed by atoms with E-state index in [0.29, 0.717) is 22.7 Å². The largest absolute Gasteiger partial charge is 0.497 e. The van der Waals surface area contributed by atoms with E-state index in [2.05, 4.69) is 10.6 Å². The third-order valence-corrected chi connectivity index (χ3v) is 4.00. The number of carbonyl (C=O) groups excluding carboxylic acids is 2. The van der Waals surface area contributed by atoms with Crippen LogP contribution in [0.4, 0.5) is 16.2 Å². The number of methoxy groups -OCH3 is 1. The first-order valence-corrected chi connectivity index (χ1v) is 8.73. The predicted octanol–water partition coefficient (Wildman–Crippen LogP) is 5.24. The van der Waals surface area contributed by atoms with Crippen LogP contribution in [0.3, 0.4) is 0 Å². The van der Waals surface area contributed by atoms with Crippen LogP contribution in [0.5, 0.6) is 5.75 Å². The highest BCUT2D eigenvalue weighted by atomic mass is 16.5. The molecule has 0 saturated heterocycles. The molecule has 0 aliphatic heterocycles. The van der Waals surface area contributed by atoms with Crippen LogP contribution in [0.1, 0.15) is 15.9 Å². The Hall–Kier alpha value is -3.86. The van der Waals surface area contributed by atoms with E-state index in [1.165, 1.54) is 6.08 Å². The first-order chi connectivity index (χ1) is 13.6. The molecular weight excluding hydrogens is 352 g/mol. The minimum absolute atomic E-state index is 0.0990. The van der Waals surface area contributed by atoms with Gasteiger partial charge < -0.3 is 15.4 Å². The smallest absolute Gasteiger partial charge is 0.323 e. The number of benzene rings is 3. The van der Waals surface area contributed by atoms with E-state index in [0.717, 1.165) is 5.56 Å². The number of ether oxygens (including phenoxy) is 1. The maximum absolute atomic E-state index is 12.2. The number of rotatable bonds is 6. The van der Waals surface area contributed by atoms with Gasteiger partial charge in [-0.2, -0.15) is 0 Å². The topological polar surface area (TPSA) is 67.4 Å². The Bertz CT molecular complexity index is 963. The van der Waals surface area contributed by atoms with E-state index >= 15 is 0 Å².